The van der Waals surface area contributed by atoms with Crippen LogP contribution in [0.3, 0.4) is 0 Å². The van der Waals surface area contributed by atoms with Crippen LogP contribution in [0.4, 0.5) is 11.5 Å². The maximum absolute atomic E-state index is 6.11. The summed E-state index contributed by atoms with van der Waals surface area (Å²) in [6.07, 6.45) is 5.77. The maximum atomic E-state index is 6.11. The predicted molar refractivity (Wildman–Crippen MR) is 145 cm³/mol. The lowest BCUT2D eigenvalue weighted by atomic mass is 10.1. The Morgan fingerprint density at radius 1 is 1.03 bits per heavy atom. The number of anilines is 2. The van der Waals surface area contributed by atoms with Gasteiger partial charge in [-0.15, -0.1) is 11.8 Å². The first-order valence-corrected chi connectivity index (χ1v) is 12.7. The van der Waals surface area contributed by atoms with Gasteiger partial charge < -0.3 is 10.1 Å². The van der Waals surface area contributed by atoms with Gasteiger partial charge >= 0.3 is 0 Å². The maximum Gasteiger partial charge on any atom is 0.158 e. The molecule has 8 nitrogen and oxygen atoms in total. The largest absolute Gasteiger partial charge is 0.457 e. The van der Waals surface area contributed by atoms with Crippen molar-refractivity contribution in [3.05, 3.63) is 78.5 Å². The van der Waals surface area contributed by atoms with Crippen molar-refractivity contribution in [2.75, 3.05) is 11.1 Å². The third-order valence-electron chi connectivity index (χ3n) is 5.99. The van der Waals surface area contributed by atoms with Gasteiger partial charge in [-0.25, -0.2) is 19.5 Å². The van der Waals surface area contributed by atoms with Crippen LogP contribution < -0.4 is 10.1 Å². The molecule has 2 aromatic carbocycles. The van der Waals surface area contributed by atoms with Crippen LogP contribution in [0.15, 0.2) is 72.4 Å². The smallest absolute Gasteiger partial charge is 0.158 e. The van der Waals surface area contributed by atoms with E-state index >= 15 is 0 Å². The van der Waals surface area contributed by atoms with E-state index in [1.807, 2.05) is 49.1 Å². The number of aliphatic imine (C=N–C) groups is 1. The zero-order chi connectivity index (χ0) is 24.7. The first kappa shape index (κ1) is 22.5. The van der Waals surface area contributed by atoms with E-state index in [9.17, 15) is 0 Å². The molecule has 0 saturated carbocycles. The minimum Gasteiger partial charge on any atom is -0.457 e. The standard InChI is InChI=1S/C27H25N7OS/c1-17-10-19(5-7-23(17)35-20-8-9-34-24(13-20)29-16-31-34)32-26-21-11-18(4-6-22(21)28-15-30-26)12-25-33-27(2,3)14-36-25/h4-11,13,15-16H,12,14H2,1-3H3,(H,28,30,32). The van der Waals surface area contributed by atoms with E-state index in [2.05, 4.69) is 63.5 Å². The summed E-state index contributed by atoms with van der Waals surface area (Å²) in [6, 6.07) is 16.1. The highest BCUT2D eigenvalue weighted by atomic mass is 32.2. The number of pyridine rings is 1. The van der Waals surface area contributed by atoms with Crippen molar-refractivity contribution >= 4 is 44.9 Å². The minimum absolute atomic E-state index is 0.0175. The first-order chi connectivity index (χ1) is 17.4. The van der Waals surface area contributed by atoms with Crippen molar-refractivity contribution in [1.82, 2.24) is 24.6 Å². The van der Waals surface area contributed by atoms with Gasteiger partial charge in [0.15, 0.2) is 5.65 Å². The number of aryl methyl sites for hydroxylation is 1. The SMILES string of the molecule is Cc1cc(Nc2ncnc3ccc(CC4=NC(C)(C)CS4)cc23)ccc1Oc1ccn2ncnc2c1. The zero-order valence-corrected chi connectivity index (χ0v) is 21.1. The Kier molecular flexibility index (Phi) is 5.56. The fraction of sp³-hybridized carbons (Fsp3) is 0.222. The zero-order valence-electron chi connectivity index (χ0n) is 20.3. The summed E-state index contributed by atoms with van der Waals surface area (Å²) in [6.45, 7) is 6.38. The van der Waals surface area contributed by atoms with Crippen LogP contribution in [0, 0.1) is 6.92 Å². The van der Waals surface area contributed by atoms with Crippen LogP contribution in [0.5, 0.6) is 11.5 Å². The topological polar surface area (TPSA) is 89.6 Å². The number of thioether (sulfide) groups is 1. The second-order valence-corrected chi connectivity index (χ2v) is 10.5. The van der Waals surface area contributed by atoms with Crippen molar-refractivity contribution in [1.29, 1.82) is 0 Å². The van der Waals surface area contributed by atoms with E-state index in [1.165, 1.54) is 16.9 Å². The van der Waals surface area contributed by atoms with Crippen LogP contribution in [0.25, 0.3) is 16.6 Å². The number of nitrogens with zero attached hydrogens (tertiary/aromatic N) is 6. The lowest BCUT2D eigenvalue weighted by molar-refractivity contribution is 0.478. The predicted octanol–water partition coefficient (Wildman–Crippen LogP) is 5.98. The second kappa shape index (κ2) is 8.91. The van der Waals surface area contributed by atoms with E-state index in [4.69, 9.17) is 9.73 Å². The Balaban J connectivity index is 1.23. The fourth-order valence-corrected chi connectivity index (χ4v) is 5.37. The molecule has 4 heterocycles. The molecule has 180 valence electrons. The minimum atomic E-state index is 0.0175. The molecule has 0 aliphatic carbocycles. The van der Waals surface area contributed by atoms with Crippen LogP contribution in [-0.2, 0) is 6.42 Å². The number of aromatic nitrogens is 5. The van der Waals surface area contributed by atoms with Crippen LogP contribution in [0.2, 0.25) is 0 Å². The normalized spacial score (nSPS) is 14.8. The third kappa shape index (κ3) is 4.61. The van der Waals surface area contributed by atoms with Gasteiger partial charge in [0.05, 0.1) is 16.1 Å². The molecular formula is C27H25N7OS. The van der Waals surface area contributed by atoms with E-state index in [0.717, 1.165) is 51.5 Å². The van der Waals surface area contributed by atoms with Crippen LogP contribution in [-0.4, -0.2) is 40.9 Å². The molecule has 0 saturated heterocycles. The molecule has 0 amide bonds. The summed E-state index contributed by atoms with van der Waals surface area (Å²) in [4.78, 5) is 18.1. The molecule has 5 aromatic rings. The fourth-order valence-electron chi connectivity index (χ4n) is 4.21. The van der Waals surface area contributed by atoms with Crippen molar-refractivity contribution < 1.29 is 4.74 Å². The Morgan fingerprint density at radius 2 is 1.94 bits per heavy atom. The molecule has 0 atom stereocenters. The van der Waals surface area contributed by atoms with Crippen molar-refractivity contribution in [3.63, 3.8) is 0 Å². The monoisotopic (exact) mass is 495 g/mol. The molecule has 0 radical (unpaired) electrons. The molecule has 0 unspecified atom stereocenters. The average molecular weight is 496 g/mol. The Bertz CT molecular complexity index is 1630. The van der Waals surface area contributed by atoms with Crippen molar-refractivity contribution in [3.8, 4) is 11.5 Å². The third-order valence-corrected chi connectivity index (χ3v) is 7.41. The molecule has 9 heteroatoms. The summed E-state index contributed by atoms with van der Waals surface area (Å²) < 4.78 is 7.81. The van der Waals surface area contributed by atoms with Crippen molar-refractivity contribution in [2.45, 2.75) is 32.7 Å². The summed E-state index contributed by atoms with van der Waals surface area (Å²) in [5.74, 6) is 3.28. The highest BCUT2D eigenvalue weighted by molar-refractivity contribution is 8.14. The molecule has 3 aromatic heterocycles. The molecular weight excluding hydrogens is 470 g/mol. The number of ether oxygens (including phenoxy) is 1. The molecule has 0 fully saturated rings. The molecule has 1 N–H and O–H groups in total. The van der Waals surface area contributed by atoms with Crippen molar-refractivity contribution in [2.24, 2.45) is 4.99 Å². The van der Waals surface area contributed by atoms with Gasteiger partial charge in [0.2, 0.25) is 0 Å². The molecule has 1 aliphatic rings. The lowest BCUT2D eigenvalue weighted by Gasteiger charge is -2.13. The lowest BCUT2D eigenvalue weighted by Crippen LogP contribution is -2.15. The second-order valence-electron chi connectivity index (χ2n) is 9.49. The summed E-state index contributed by atoms with van der Waals surface area (Å²) in [7, 11) is 0. The molecule has 0 bridgehead atoms. The molecule has 36 heavy (non-hydrogen) atoms. The first-order valence-electron chi connectivity index (χ1n) is 11.7. The number of hydrogen-bond donors (Lipinski definition) is 1. The molecule has 0 spiro atoms. The number of fused-ring (bicyclic) bond motifs is 2. The van der Waals surface area contributed by atoms with E-state index < -0.39 is 0 Å². The van der Waals surface area contributed by atoms with E-state index in [-0.39, 0.29) is 5.54 Å². The number of rotatable bonds is 6. The van der Waals surface area contributed by atoms with Gasteiger partial charge in [-0.05, 0) is 68.3 Å². The number of benzene rings is 2. The molecule has 6 rings (SSSR count). The van der Waals surface area contributed by atoms with Gasteiger partial charge in [0.25, 0.3) is 0 Å². The highest BCUT2D eigenvalue weighted by Gasteiger charge is 2.25. The summed E-state index contributed by atoms with van der Waals surface area (Å²) >= 11 is 1.84. The number of nitrogens with one attached hydrogen (secondary N) is 1. The van der Waals surface area contributed by atoms with Gasteiger partial charge in [-0.3, -0.25) is 4.99 Å². The van der Waals surface area contributed by atoms with Gasteiger partial charge in [0, 0.05) is 35.5 Å². The Morgan fingerprint density at radius 3 is 2.78 bits per heavy atom. The van der Waals surface area contributed by atoms with Crippen LogP contribution in [0.1, 0.15) is 25.0 Å². The van der Waals surface area contributed by atoms with E-state index in [1.54, 1.807) is 10.8 Å². The highest BCUT2D eigenvalue weighted by Crippen LogP contribution is 2.32. The van der Waals surface area contributed by atoms with Gasteiger partial charge in [0.1, 0.15) is 30.0 Å². The van der Waals surface area contributed by atoms with Gasteiger partial charge in [-0.2, -0.15) is 5.10 Å². The average Bonchev–Trinajstić information content (AvgIpc) is 3.46. The Labute approximate surface area is 212 Å². The summed E-state index contributed by atoms with van der Waals surface area (Å²) in [5, 5.41) is 9.75. The Hall–Kier alpha value is -3.98. The molecule has 1 aliphatic heterocycles. The summed E-state index contributed by atoms with van der Waals surface area (Å²) in [5.41, 5.74) is 4.78. The number of hydrogen-bond acceptors (Lipinski definition) is 8. The van der Waals surface area contributed by atoms with Crippen LogP contribution >= 0.6 is 11.8 Å². The quantitative estimate of drug-likeness (QED) is 0.310. The van der Waals surface area contributed by atoms with E-state index in [0.29, 0.717) is 5.75 Å². The van der Waals surface area contributed by atoms with Gasteiger partial charge in [-0.1, -0.05) is 6.07 Å².